The number of carbonyl (C=O) groups is 1. The van der Waals surface area contributed by atoms with Gasteiger partial charge in [0.15, 0.2) is 6.29 Å². The van der Waals surface area contributed by atoms with Gasteiger partial charge < -0.3 is 9.63 Å². The van der Waals surface area contributed by atoms with Crippen LogP contribution in [-0.2, 0) is 10.2 Å². The maximum atomic E-state index is 13.8. The Morgan fingerprint density at radius 3 is 2.70 bits per heavy atom. The zero-order valence-corrected chi connectivity index (χ0v) is 12.8. The molecular formula is C13H15F2O3PS. The lowest BCUT2D eigenvalue weighted by Gasteiger charge is -2.15. The van der Waals surface area contributed by atoms with E-state index in [1.165, 1.54) is 23.5 Å². The number of aldehydes is 1. The minimum absolute atomic E-state index is 0.0722. The molecule has 0 aliphatic carbocycles. The monoisotopic (exact) mass is 320 g/mol. The first-order valence-corrected chi connectivity index (χ1v) is 7.50. The topological polar surface area (TPSA) is 46.5 Å². The second-order valence-corrected chi connectivity index (χ2v) is 5.86. The van der Waals surface area contributed by atoms with Crippen LogP contribution in [0.2, 0.25) is 0 Å². The van der Waals surface area contributed by atoms with Crippen LogP contribution in [0, 0.1) is 0 Å². The van der Waals surface area contributed by atoms with Crippen LogP contribution in [0.3, 0.4) is 0 Å². The summed E-state index contributed by atoms with van der Waals surface area (Å²) in [4.78, 5) is 11.2. The van der Waals surface area contributed by atoms with Crippen LogP contribution in [0.1, 0.15) is 22.2 Å². The van der Waals surface area contributed by atoms with Crippen molar-refractivity contribution in [1.29, 1.82) is 0 Å². The summed E-state index contributed by atoms with van der Waals surface area (Å²) in [5.41, 5.74) is -3.05. The van der Waals surface area contributed by atoms with Gasteiger partial charge in [-0.2, -0.15) is 8.78 Å². The number of aliphatic hydroxyl groups is 1. The highest BCUT2D eigenvalue weighted by molar-refractivity contribution is 7.33. The van der Waals surface area contributed by atoms with Gasteiger partial charge in [-0.3, -0.25) is 4.79 Å². The van der Waals surface area contributed by atoms with Crippen molar-refractivity contribution in [3.8, 4) is 0 Å². The van der Waals surface area contributed by atoms with Gasteiger partial charge in [0.25, 0.3) is 0 Å². The number of fused-ring (bicyclic) bond motifs is 1. The van der Waals surface area contributed by atoms with Crippen LogP contribution in [0.5, 0.6) is 0 Å². The lowest BCUT2D eigenvalue weighted by molar-refractivity contribution is 0.0869. The Hall–Kier alpha value is -0.940. The van der Waals surface area contributed by atoms with Crippen molar-refractivity contribution in [1.82, 2.24) is 0 Å². The lowest BCUT2D eigenvalue weighted by Crippen LogP contribution is -2.06. The molecule has 2 rings (SSSR count). The first-order chi connectivity index (χ1) is 9.56. The van der Waals surface area contributed by atoms with Gasteiger partial charge in [-0.1, -0.05) is 6.07 Å². The van der Waals surface area contributed by atoms with Gasteiger partial charge in [-0.25, -0.2) is 0 Å². The maximum Gasteiger partial charge on any atom is 0.311 e. The molecule has 20 heavy (non-hydrogen) atoms. The van der Waals surface area contributed by atoms with Crippen molar-refractivity contribution >= 4 is 36.5 Å². The number of hydrogen-bond donors (Lipinski definition) is 1. The van der Waals surface area contributed by atoms with E-state index in [1.807, 2.05) is 0 Å². The summed E-state index contributed by atoms with van der Waals surface area (Å²) < 4.78 is 33.2. The number of aliphatic hydroxyl groups excluding tert-OH is 1. The Morgan fingerprint density at radius 2 is 2.10 bits per heavy atom. The molecule has 0 aliphatic rings. The fourth-order valence-electron chi connectivity index (χ4n) is 1.54. The Labute approximate surface area is 121 Å². The lowest BCUT2D eigenvalue weighted by atomic mass is 10.1. The quantitative estimate of drug-likeness (QED) is 0.669. The molecule has 0 saturated carbocycles. The molecule has 1 heterocycles. The van der Waals surface area contributed by atoms with E-state index in [-0.39, 0.29) is 12.2 Å². The summed E-state index contributed by atoms with van der Waals surface area (Å²) in [7, 11) is 0.115. The summed E-state index contributed by atoms with van der Waals surface area (Å²) in [6.07, 6.45) is 0.727. The molecule has 0 aliphatic heterocycles. The normalized spacial score (nSPS) is 11.7. The van der Waals surface area contributed by atoms with Crippen LogP contribution in [0.25, 0.3) is 10.1 Å². The van der Waals surface area contributed by atoms with Gasteiger partial charge in [0.05, 0.1) is 13.7 Å². The first kappa shape index (κ1) is 17.1. The van der Waals surface area contributed by atoms with Crippen molar-refractivity contribution < 1.29 is 23.2 Å². The SMILES string of the molecule is CCOPC(F)(F)c1ccc2sc(C=O)cc2c1.CO. The van der Waals surface area contributed by atoms with E-state index in [0.29, 0.717) is 10.3 Å². The summed E-state index contributed by atoms with van der Waals surface area (Å²) in [5, 5.41) is 7.67. The fourth-order valence-corrected chi connectivity index (χ4v) is 3.00. The van der Waals surface area contributed by atoms with Crippen LogP contribution < -0.4 is 0 Å². The molecule has 0 spiro atoms. The van der Waals surface area contributed by atoms with Crippen molar-refractivity contribution in [3.05, 3.63) is 34.7 Å². The van der Waals surface area contributed by atoms with Crippen LogP contribution >= 0.6 is 20.1 Å². The number of halogens is 2. The van der Waals surface area contributed by atoms with Crippen LogP contribution in [-0.4, -0.2) is 25.1 Å². The van der Waals surface area contributed by atoms with Crippen LogP contribution in [0.4, 0.5) is 8.78 Å². The van der Waals surface area contributed by atoms with Gasteiger partial charge in [0.2, 0.25) is 0 Å². The number of benzene rings is 1. The third kappa shape index (κ3) is 4.03. The van der Waals surface area contributed by atoms with Crippen LogP contribution in [0.15, 0.2) is 24.3 Å². The van der Waals surface area contributed by atoms with E-state index in [1.54, 1.807) is 19.1 Å². The van der Waals surface area contributed by atoms with E-state index in [4.69, 9.17) is 9.63 Å². The van der Waals surface area contributed by atoms with Gasteiger partial charge in [0.1, 0.15) is 0 Å². The molecule has 0 saturated heterocycles. The minimum Gasteiger partial charge on any atom is -0.400 e. The molecule has 1 atom stereocenters. The second kappa shape index (κ2) is 7.74. The predicted octanol–water partition coefficient (Wildman–Crippen LogP) is 4.00. The smallest absolute Gasteiger partial charge is 0.311 e. The standard InChI is InChI=1S/C12H11F2O2PS.CH4O/c1-2-16-17-12(13,14)9-3-4-11-8(5-9)6-10(7-15)18-11;1-2/h3-7,17H,2H2,1H3;2H,1H3. The van der Waals surface area contributed by atoms with Crippen molar-refractivity contribution in [3.63, 3.8) is 0 Å². The average Bonchev–Trinajstić information content (AvgIpc) is 2.89. The fraction of sp³-hybridized carbons (Fsp3) is 0.308. The molecule has 1 aromatic carbocycles. The summed E-state index contributed by atoms with van der Waals surface area (Å²) in [6, 6.07) is 6.05. The van der Waals surface area contributed by atoms with Gasteiger partial charge in [-0.15, -0.1) is 11.3 Å². The van der Waals surface area contributed by atoms with Gasteiger partial charge in [0, 0.05) is 24.0 Å². The first-order valence-electron chi connectivity index (χ1n) is 5.77. The third-order valence-corrected chi connectivity index (χ3v) is 4.38. The van der Waals surface area contributed by atoms with Gasteiger partial charge in [-0.05, 0) is 30.5 Å². The molecule has 0 amide bonds. The number of thiophene rings is 1. The molecule has 0 radical (unpaired) electrons. The molecule has 3 nitrogen and oxygen atoms in total. The number of hydrogen-bond acceptors (Lipinski definition) is 4. The van der Waals surface area contributed by atoms with Crippen molar-refractivity contribution in [2.75, 3.05) is 13.7 Å². The zero-order valence-electron chi connectivity index (χ0n) is 11.0. The number of carbonyl (C=O) groups excluding carboxylic acids is 1. The highest BCUT2D eigenvalue weighted by Crippen LogP contribution is 2.46. The van der Waals surface area contributed by atoms with Gasteiger partial charge >= 0.3 is 5.66 Å². The highest BCUT2D eigenvalue weighted by atomic mass is 32.1. The molecule has 110 valence electrons. The molecule has 0 fully saturated rings. The average molecular weight is 320 g/mol. The Balaban J connectivity index is 0.000000956. The van der Waals surface area contributed by atoms with E-state index in [2.05, 4.69) is 0 Å². The summed E-state index contributed by atoms with van der Waals surface area (Å²) in [6.45, 7) is 1.95. The second-order valence-electron chi connectivity index (χ2n) is 3.63. The van der Waals surface area contributed by atoms with E-state index >= 15 is 0 Å². The Morgan fingerprint density at radius 1 is 1.40 bits per heavy atom. The Bertz CT molecular complexity index is 572. The summed E-state index contributed by atoms with van der Waals surface area (Å²) in [5.74, 6) is 0. The summed E-state index contributed by atoms with van der Waals surface area (Å²) >= 11 is 1.29. The number of alkyl halides is 2. The van der Waals surface area contributed by atoms with E-state index in [0.717, 1.165) is 18.1 Å². The largest absolute Gasteiger partial charge is 0.400 e. The molecular weight excluding hydrogens is 305 g/mol. The molecule has 0 bridgehead atoms. The number of rotatable bonds is 5. The molecule has 1 unspecified atom stereocenters. The zero-order chi connectivity index (χ0) is 15.2. The third-order valence-electron chi connectivity index (χ3n) is 2.36. The maximum absolute atomic E-state index is 13.8. The van der Waals surface area contributed by atoms with Crippen molar-refractivity contribution in [2.24, 2.45) is 0 Å². The highest BCUT2D eigenvalue weighted by Gasteiger charge is 2.32. The minimum atomic E-state index is -2.98. The molecule has 7 heteroatoms. The van der Waals surface area contributed by atoms with E-state index < -0.39 is 14.5 Å². The molecule has 1 aromatic heterocycles. The van der Waals surface area contributed by atoms with Crippen molar-refractivity contribution in [2.45, 2.75) is 12.6 Å². The molecule has 2 aromatic rings. The molecule has 1 N–H and O–H groups in total. The predicted molar refractivity (Wildman–Crippen MR) is 79.2 cm³/mol. The Kier molecular flexibility index (Phi) is 6.62. The van der Waals surface area contributed by atoms with E-state index in [9.17, 15) is 13.6 Å².